The van der Waals surface area contributed by atoms with Crippen LogP contribution in [0.5, 0.6) is 17.2 Å². The maximum Gasteiger partial charge on any atom is 0.266 e. The molecule has 5 aliphatic rings. The highest BCUT2D eigenvalue weighted by molar-refractivity contribution is 6.28. The molecule has 0 radical (unpaired) electrons. The molecule has 2 aromatic heterocycles. The lowest BCUT2D eigenvalue weighted by atomic mass is 9.71. The Hall–Kier alpha value is -8.06. The molecule has 70 heavy (non-hydrogen) atoms. The number of nitrogens with zero attached hydrogens (tertiary/aromatic N) is 2. The van der Waals surface area contributed by atoms with Crippen LogP contribution in [0.1, 0.15) is 87.6 Å². The first-order valence-electron chi connectivity index (χ1n) is 23.2. The van der Waals surface area contributed by atoms with Crippen molar-refractivity contribution in [1.29, 1.82) is 0 Å². The first-order chi connectivity index (χ1) is 33.5. The van der Waals surface area contributed by atoms with Crippen LogP contribution in [-0.4, -0.2) is 35.7 Å². The van der Waals surface area contributed by atoms with Crippen molar-refractivity contribution < 1.29 is 37.4 Å². The summed E-state index contributed by atoms with van der Waals surface area (Å²) in [5.41, 5.74) is 6.20. The van der Waals surface area contributed by atoms with Crippen molar-refractivity contribution in [3.8, 4) is 41.9 Å². The first-order valence-corrected chi connectivity index (χ1v) is 23.2. The molecule has 12 nitrogen and oxygen atoms in total. The topological polar surface area (TPSA) is 140 Å². The zero-order chi connectivity index (χ0) is 49.0. The third-order valence-electron chi connectivity index (χ3n) is 14.4. The minimum atomic E-state index is -0.495. The number of amides is 2. The van der Waals surface area contributed by atoms with E-state index in [0.29, 0.717) is 75.3 Å². The van der Waals surface area contributed by atoms with E-state index in [-0.39, 0.29) is 58.8 Å². The molecule has 12 heteroatoms. The van der Waals surface area contributed by atoms with Gasteiger partial charge >= 0.3 is 0 Å². The zero-order valence-electron chi connectivity index (χ0n) is 39.4. The molecule has 11 rings (SSSR count). The van der Waals surface area contributed by atoms with Crippen molar-refractivity contribution in [3.05, 3.63) is 157 Å². The van der Waals surface area contributed by atoms with E-state index in [1.165, 1.54) is 4.57 Å². The predicted molar refractivity (Wildman–Crippen MR) is 267 cm³/mol. The molecule has 3 aliphatic carbocycles. The number of allylic oxidation sites excluding steroid dienone is 4. The normalized spacial score (nSPS) is 21.2. The smallest absolute Gasteiger partial charge is 0.266 e. The summed E-state index contributed by atoms with van der Waals surface area (Å²) in [7, 11) is 0. The first kappa shape index (κ1) is 44.4. The Kier molecular flexibility index (Phi) is 10.2. The third kappa shape index (κ3) is 6.80. The highest BCUT2D eigenvalue weighted by Crippen LogP contribution is 2.66. The van der Waals surface area contributed by atoms with E-state index in [4.69, 9.17) is 40.6 Å². The van der Waals surface area contributed by atoms with Gasteiger partial charge in [-0.25, -0.2) is 9.47 Å². The second kappa shape index (κ2) is 16.0. The summed E-state index contributed by atoms with van der Waals surface area (Å²) in [6.45, 7) is 15.3. The van der Waals surface area contributed by atoms with Crippen LogP contribution in [0.2, 0.25) is 0 Å². The fraction of sp³-hybridized carbons (Fsp3) is 0.276. The summed E-state index contributed by atoms with van der Waals surface area (Å²) in [4.78, 5) is 56.2. The molecule has 1 fully saturated rings. The van der Waals surface area contributed by atoms with E-state index in [1.54, 1.807) is 66.8 Å². The number of carbonyl (C=O) groups excluding carboxylic acids is 2. The summed E-state index contributed by atoms with van der Waals surface area (Å²) >= 11 is 0. The summed E-state index contributed by atoms with van der Waals surface area (Å²) in [5.74, 6) is 6.46. The monoisotopic (exact) mass is 932 g/mol. The minimum Gasteiger partial charge on any atom is -0.481 e. The summed E-state index contributed by atoms with van der Waals surface area (Å²) in [6.07, 6.45) is 21.3. The highest BCUT2D eigenvalue weighted by atomic mass is 16.6. The van der Waals surface area contributed by atoms with Gasteiger partial charge in [-0.05, 0) is 132 Å². The van der Waals surface area contributed by atoms with Gasteiger partial charge in [-0.15, -0.1) is 19.4 Å². The summed E-state index contributed by atoms with van der Waals surface area (Å²) < 4.78 is 39.0. The predicted octanol–water partition coefficient (Wildman–Crippen LogP) is 10.1. The molecule has 2 atom stereocenters. The van der Waals surface area contributed by atoms with Crippen molar-refractivity contribution in [2.75, 3.05) is 18.1 Å². The number of rotatable bonds is 9. The standard InChI is InChI=1S/C58H48N2O10/c1-9-12-43-44(23-33-24-50(61)59(53(33)62)34-13-17-36(18-14-34)65-21-10-2)70-52-32(4)51-42(29-49(52)67-43)57(7,8)31-58(51)30-56(5,6)40-27-47-48(28-41(40)58)69-46-26-39-38(25-45(46)68-47)54(63)60(55(39)64)35-15-19-37(20-16-35)66-22-11-3/h2-3,9,13-19,23,25-29,37H,1,12,20-22,24,30-31H2,4-8H3/b33-23+/t37?,58-/m1/s1. The Morgan fingerprint density at radius 3 is 2.10 bits per heavy atom. The molecule has 6 aromatic rings. The number of imide groups is 1. The number of terminal acetylenes is 2. The molecule has 2 aliphatic heterocycles. The number of fused-ring (bicyclic) bond motifs is 8. The second-order valence-corrected chi connectivity index (χ2v) is 19.9. The van der Waals surface area contributed by atoms with Crippen molar-refractivity contribution in [1.82, 2.24) is 4.57 Å². The molecule has 1 unspecified atom stereocenters. The van der Waals surface area contributed by atoms with Gasteiger partial charge in [0.25, 0.3) is 17.0 Å². The Labute approximate surface area is 403 Å². The van der Waals surface area contributed by atoms with E-state index >= 15 is 0 Å². The number of hydrogen-bond donors (Lipinski definition) is 0. The van der Waals surface area contributed by atoms with E-state index in [1.807, 2.05) is 0 Å². The summed E-state index contributed by atoms with van der Waals surface area (Å²) in [5, 5.41) is 0.458. The maximum atomic E-state index is 13.9. The third-order valence-corrected chi connectivity index (χ3v) is 14.4. The lowest BCUT2D eigenvalue weighted by Gasteiger charge is -2.32. The van der Waals surface area contributed by atoms with Crippen LogP contribution in [0, 0.1) is 31.6 Å². The Morgan fingerprint density at radius 1 is 0.829 bits per heavy atom. The Bertz CT molecular complexity index is 3690. The molecular formula is C58H48N2O10. The van der Waals surface area contributed by atoms with Gasteiger partial charge in [0, 0.05) is 23.1 Å². The number of anilines is 1. The fourth-order valence-corrected chi connectivity index (χ4v) is 11.6. The van der Waals surface area contributed by atoms with Crippen molar-refractivity contribution in [2.45, 2.75) is 89.1 Å². The quantitative estimate of drug-likeness (QED) is 0.0453. The average Bonchev–Trinajstić information content (AvgIpc) is 3.92. The van der Waals surface area contributed by atoms with Crippen LogP contribution in [0.4, 0.5) is 5.69 Å². The summed E-state index contributed by atoms with van der Waals surface area (Å²) in [6, 6.07) is 16.0. The second-order valence-electron chi connectivity index (χ2n) is 19.9. The molecule has 0 saturated carbocycles. The highest BCUT2D eigenvalue weighted by Gasteiger charge is 2.58. The van der Waals surface area contributed by atoms with Gasteiger partial charge in [0.1, 0.15) is 19.0 Å². The van der Waals surface area contributed by atoms with Crippen LogP contribution >= 0.6 is 0 Å². The molecular weight excluding hydrogens is 885 g/mol. The molecule has 350 valence electrons. The van der Waals surface area contributed by atoms with E-state index in [2.05, 4.69) is 71.2 Å². The van der Waals surface area contributed by atoms with E-state index < -0.39 is 22.4 Å². The van der Waals surface area contributed by atoms with E-state index in [0.717, 1.165) is 45.6 Å². The molecule has 4 heterocycles. The molecule has 1 saturated heterocycles. The van der Waals surface area contributed by atoms with Crippen LogP contribution in [0.25, 0.3) is 38.8 Å². The number of aromatic nitrogens is 1. The maximum absolute atomic E-state index is 13.9. The molecule has 4 aromatic carbocycles. The molecule has 1 spiro atoms. The van der Waals surface area contributed by atoms with Gasteiger partial charge in [-0.3, -0.25) is 19.2 Å². The Morgan fingerprint density at radius 2 is 1.47 bits per heavy atom. The minimum absolute atomic E-state index is 0.0955. The van der Waals surface area contributed by atoms with Crippen LogP contribution < -0.4 is 30.2 Å². The van der Waals surface area contributed by atoms with Crippen molar-refractivity contribution in [2.24, 2.45) is 0 Å². The largest absolute Gasteiger partial charge is 0.481 e. The van der Waals surface area contributed by atoms with Gasteiger partial charge < -0.3 is 27.8 Å². The number of ether oxygens (including phenoxy) is 4. The van der Waals surface area contributed by atoms with Crippen molar-refractivity contribution >= 4 is 56.3 Å². The number of carbonyl (C=O) groups is 2. The van der Waals surface area contributed by atoms with Crippen molar-refractivity contribution in [3.63, 3.8) is 0 Å². The number of hydrogen-bond acceptors (Lipinski definition) is 10. The average molecular weight is 933 g/mol. The van der Waals surface area contributed by atoms with Gasteiger partial charge in [-0.2, -0.15) is 0 Å². The Balaban J connectivity index is 0.975. The van der Waals surface area contributed by atoms with Gasteiger partial charge in [0.2, 0.25) is 5.91 Å². The number of benzene rings is 4. The SMILES string of the molecule is C#CCOc1ccc(N2C(=O)C/C(=C\C3=C(CC=C)Oc4cc5c(c(C)c4O3)[C@]3(CC(C)(C)c4cc6oc7cc8c(=O)n(C9=CCC(OCC#C)C=C9)c(=O)c8cc7oc6cc43)CC5(C)C)C2=O)cc1. The van der Waals surface area contributed by atoms with Gasteiger partial charge in [0.15, 0.2) is 45.3 Å². The van der Waals surface area contributed by atoms with Crippen LogP contribution in [-0.2, 0) is 30.6 Å². The lowest BCUT2D eigenvalue weighted by molar-refractivity contribution is -0.120. The van der Waals surface area contributed by atoms with Crippen LogP contribution in [0.15, 0.2) is 127 Å². The lowest BCUT2D eigenvalue weighted by Crippen LogP contribution is -2.29. The molecule has 0 N–H and O–H groups in total. The fourth-order valence-electron chi connectivity index (χ4n) is 11.6. The molecule has 2 amide bonds. The van der Waals surface area contributed by atoms with Gasteiger partial charge in [0.05, 0.1) is 29.0 Å². The van der Waals surface area contributed by atoms with E-state index in [9.17, 15) is 19.2 Å². The molecule has 0 bridgehead atoms. The van der Waals surface area contributed by atoms with Gasteiger partial charge in [-0.1, -0.05) is 57.8 Å². The zero-order valence-corrected chi connectivity index (χ0v) is 39.4. The van der Waals surface area contributed by atoms with Crippen LogP contribution in [0.3, 0.4) is 0 Å².